The first-order valence-electron chi connectivity index (χ1n) is 10.5. The van der Waals surface area contributed by atoms with E-state index in [4.69, 9.17) is 14.2 Å². The van der Waals surface area contributed by atoms with Crippen molar-refractivity contribution in [2.24, 2.45) is 0 Å². The third-order valence-electron chi connectivity index (χ3n) is 4.91. The van der Waals surface area contributed by atoms with Crippen molar-refractivity contribution in [3.8, 4) is 0 Å². The zero-order chi connectivity index (χ0) is 21.7. The van der Waals surface area contributed by atoms with Crippen LogP contribution in [0.3, 0.4) is 0 Å². The van der Waals surface area contributed by atoms with E-state index < -0.39 is 18.3 Å². The Morgan fingerprint density at radius 3 is 1.61 bits per heavy atom. The summed E-state index contributed by atoms with van der Waals surface area (Å²) in [5.74, 6) is 0. The molecule has 0 aliphatic carbocycles. The highest BCUT2D eigenvalue weighted by Gasteiger charge is 2.28. The molecule has 0 bridgehead atoms. The van der Waals surface area contributed by atoms with Crippen molar-refractivity contribution in [1.82, 2.24) is 0 Å². The Bertz CT molecular complexity index is 868. The molecule has 0 aliphatic heterocycles. The number of benzene rings is 3. The van der Waals surface area contributed by atoms with Crippen molar-refractivity contribution in [2.45, 2.75) is 38.1 Å². The smallest absolute Gasteiger partial charge is 0.116 e. The van der Waals surface area contributed by atoms with Crippen LogP contribution in [0.25, 0.3) is 0 Å². The van der Waals surface area contributed by atoms with Gasteiger partial charge in [0.1, 0.15) is 18.3 Å². The van der Waals surface area contributed by atoms with Crippen LogP contribution >= 0.6 is 0 Å². The molecule has 3 rings (SSSR count). The third-order valence-corrected chi connectivity index (χ3v) is 4.91. The maximum atomic E-state index is 10.9. The average molecular weight is 419 g/mol. The first-order chi connectivity index (χ1) is 15.3. The molecule has 3 atom stereocenters. The molecule has 3 aromatic rings. The van der Waals surface area contributed by atoms with Gasteiger partial charge in [-0.05, 0) is 16.7 Å². The highest BCUT2D eigenvalue weighted by atomic mass is 16.6. The second-order valence-corrected chi connectivity index (χ2v) is 7.33. The number of hydrogen-bond acceptors (Lipinski definition) is 4. The number of hydrogen-bond donors (Lipinski definition) is 1. The van der Waals surface area contributed by atoms with E-state index in [1.54, 1.807) is 6.08 Å². The van der Waals surface area contributed by atoms with Crippen molar-refractivity contribution < 1.29 is 19.3 Å². The monoisotopic (exact) mass is 418 g/mol. The molecular weight excluding hydrogens is 388 g/mol. The molecule has 0 heterocycles. The predicted molar refractivity (Wildman–Crippen MR) is 122 cm³/mol. The van der Waals surface area contributed by atoms with Gasteiger partial charge in [-0.1, -0.05) is 97.1 Å². The average Bonchev–Trinajstić information content (AvgIpc) is 2.83. The second-order valence-electron chi connectivity index (χ2n) is 7.33. The SMILES string of the molecule is C=CC(OCc1ccccc1)[C@@H](OCc1ccccc1)C(O)COCc1ccccc1. The summed E-state index contributed by atoms with van der Waals surface area (Å²) in [6.07, 6.45) is -0.290. The van der Waals surface area contributed by atoms with E-state index in [1.807, 2.05) is 91.0 Å². The van der Waals surface area contributed by atoms with Crippen LogP contribution in [0.2, 0.25) is 0 Å². The van der Waals surface area contributed by atoms with E-state index in [9.17, 15) is 5.11 Å². The van der Waals surface area contributed by atoms with Crippen LogP contribution in [-0.2, 0) is 34.0 Å². The maximum absolute atomic E-state index is 10.9. The summed E-state index contributed by atoms with van der Waals surface area (Å²) in [5, 5.41) is 10.9. The molecule has 162 valence electrons. The fraction of sp³-hybridized carbons (Fsp3) is 0.259. The van der Waals surface area contributed by atoms with Crippen LogP contribution < -0.4 is 0 Å². The summed E-state index contributed by atoms with van der Waals surface area (Å²) in [6.45, 7) is 5.22. The Morgan fingerprint density at radius 1 is 0.677 bits per heavy atom. The molecule has 1 N–H and O–H groups in total. The Kier molecular flexibility index (Phi) is 9.48. The number of ether oxygens (including phenoxy) is 3. The van der Waals surface area contributed by atoms with Crippen molar-refractivity contribution in [1.29, 1.82) is 0 Å². The van der Waals surface area contributed by atoms with Gasteiger partial charge in [0.25, 0.3) is 0 Å². The fourth-order valence-electron chi connectivity index (χ4n) is 3.22. The van der Waals surface area contributed by atoms with Crippen LogP contribution in [-0.4, -0.2) is 30.0 Å². The largest absolute Gasteiger partial charge is 0.388 e. The molecule has 0 radical (unpaired) electrons. The van der Waals surface area contributed by atoms with E-state index in [0.29, 0.717) is 19.8 Å². The lowest BCUT2D eigenvalue weighted by molar-refractivity contribution is -0.133. The van der Waals surface area contributed by atoms with Crippen molar-refractivity contribution >= 4 is 0 Å². The molecule has 4 nitrogen and oxygen atoms in total. The quantitative estimate of drug-likeness (QED) is 0.400. The first-order valence-corrected chi connectivity index (χ1v) is 10.5. The van der Waals surface area contributed by atoms with E-state index in [2.05, 4.69) is 6.58 Å². The van der Waals surface area contributed by atoms with Crippen LogP contribution in [0.4, 0.5) is 0 Å². The van der Waals surface area contributed by atoms with Crippen molar-refractivity contribution in [2.75, 3.05) is 6.61 Å². The molecule has 31 heavy (non-hydrogen) atoms. The second kappa shape index (κ2) is 12.8. The summed E-state index contributed by atoms with van der Waals surface area (Å²) in [4.78, 5) is 0. The molecule has 0 saturated heterocycles. The van der Waals surface area contributed by atoms with Gasteiger partial charge in [0.2, 0.25) is 0 Å². The lowest BCUT2D eigenvalue weighted by atomic mass is 10.1. The number of aliphatic hydroxyl groups excluding tert-OH is 1. The topological polar surface area (TPSA) is 47.9 Å². The van der Waals surface area contributed by atoms with Crippen LogP contribution in [0.15, 0.2) is 104 Å². The molecule has 2 unspecified atom stereocenters. The Morgan fingerprint density at radius 2 is 1.13 bits per heavy atom. The molecular formula is C27H30O4. The van der Waals surface area contributed by atoms with Crippen molar-refractivity contribution in [3.05, 3.63) is 120 Å². The highest BCUT2D eigenvalue weighted by molar-refractivity contribution is 5.15. The van der Waals surface area contributed by atoms with E-state index >= 15 is 0 Å². The molecule has 0 aromatic heterocycles. The molecule has 0 saturated carbocycles. The van der Waals surface area contributed by atoms with Crippen molar-refractivity contribution in [3.63, 3.8) is 0 Å². The Hall–Kier alpha value is -2.76. The molecule has 3 aromatic carbocycles. The van der Waals surface area contributed by atoms with Gasteiger partial charge < -0.3 is 19.3 Å². The first kappa shape index (κ1) is 22.9. The Balaban J connectivity index is 1.62. The minimum atomic E-state index is -0.869. The molecule has 0 fully saturated rings. The zero-order valence-corrected chi connectivity index (χ0v) is 17.7. The van der Waals surface area contributed by atoms with Gasteiger partial charge in [0.15, 0.2) is 0 Å². The number of rotatable bonds is 13. The van der Waals surface area contributed by atoms with Gasteiger partial charge in [-0.3, -0.25) is 0 Å². The van der Waals surface area contributed by atoms with Crippen LogP contribution in [0, 0.1) is 0 Å². The lowest BCUT2D eigenvalue weighted by Gasteiger charge is -2.29. The summed E-state index contributed by atoms with van der Waals surface area (Å²) in [5.41, 5.74) is 3.12. The highest BCUT2D eigenvalue weighted by Crippen LogP contribution is 2.17. The molecule has 0 spiro atoms. The van der Waals surface area contributed by atoms with E-state index in [1.165, 1.54) is 0 Å². The summed E-state index contributed by atoms with van der Waals surface area (Å²) in [6, 6.07) is 29.6. The predicted octanol–water partition coefficient (Wildman–Crippen LogP) is 4.92. The zero-order valence-electron chi connectivity index (χ0n) is 17.7. The molecule has 4 heteroatoms. The maximum Gasteiger partial charge on any atom is 0.116 e. The summed E-state index contributed by atoms with van der Waals surface area (Å²) in [7, 11) is 0. The molecule has 0 amide bonds. The fourth-order valence-corrected chi connectivity index (χ4v) is 3.22. The van der Waals surface area contributed by atoms with Crippen LogP contribution in [0.1, 0.15) is 16.7 Å². The standard InChI is InChI=1S/C27H30O4/c1-2-26(30-19-23-14-8-4-9-15-23)27(31-20-24-16-10-5-11-17-24)25(28)21-29-18-22-12-6-3-7-13-22/h2-17,25-28H,1,18-21H2/t25?,26?,27-/m0/s1. The lowest BCUT2D eigenvalue weighted by Crippen LogP contribution is -2.42. The minimum Gasteiger partial charge on any atom is -0.388 e. The van der Waals surface area contributed by atoms with Gasteiger partial charge in [-0.25, -0.2) is 0 Å². The summed E-state index contributed by atoms with van der Waals surface area (Å²) >= 11 is 0. The van der Waals surface area contributed by atoms with E-state index in [-0.39, 0.29) is 6.61 Å². The van der Waals surface area contributed by atoms with Gasteiger partial charge in [-0.2, -0.15) is 0 Å². The molecule has 0 aliphatic rings. The Labute approximate surface area is 184 Å². The van der Waals surface area contributed by atoms with Crippen LogP contribution in [0.5, 0.6) is 0 Å². The normalized spacial score (nSPS) is 14.0. The van der Waals surface area contributed by atoms with Gasteiger partial charge in [0, 0.05) is 0 Å². The van der Waals surface area contributed by atoms with Gasteiger partial charge >= 0.3 is 0 Å². The summed E-state index contributed by atoms with van der Waals surface area (Å²) < 4.78 is 17.9. The number of aliphatic hydroxyl groups is 1. The van der Waals surface area contributed by atoms with Gasteiger partial charge in [0.05, 0.1) is 26.4 Å². The minimum absolute atomic E-state index is 0.132. The third kappa shape index (κ3) is 7.78. The van der Waals surface area contributed by atoms with Gasteiger partial charge in [-0.15, -0.1) is 6.58 Å². The van der Waals surface area contributed by atoms with E-state index in [0.717, 1.165) is 16.7 Å².